The minimum absolute atomic E-state index is 0. The van der Waals surface area contributed by atoms with E-state index in [1.165, 1.54) is 0 Å². The molecule has 3 nitrogen and oxygen atoms in total. The smallest absolute Gasteiger partial charge is 0.324 e. The number of hydrogen-bond acceptors (Lipinski definition) is 2. The molecule has 5 heteroatoms. The van der Waals surface area contributed by atoms with Crippen LogP contribution in [-0.4, -0.2) is 14.5 Å². The van der Waals surface area contributed by atoms with Gasteiger partial charge in [0.1, 0.15) is 0 Å². The molecule has 88 valence electrons. The minimum atomic E-state index is -0.991. The molecule has 0 fully saturated rings. The first kappa shape index (κ1) is 15.6. The molecule has 0 aromatic rings. The third-order valence-corrected chi connectivity index (χ3v) is 2.69. The molecule has 0 radical (unpaired) electrons. The summed E-state index contributed by atoms with van der Waals surface area (Å²) in [7, 11) is 0. The summed E-state index contributed by atoms with van der Waals surface area (Å²) in [5, 5.41) is 9.02. The van der Waals surface area contributed by atoms with Gasteiger partial charge in [0.2, 0.25) is 0 Å². The van der Waals surface area contributed by atoms with E-state index in [1.54, 1.807) is 12.2 Å². The van der Waals surface area contributed by atoms with Gasteiger partial charge in [-0.25, -0.2) is 4.79 Å². The van der Waals surface area contributed by atoms with Crippen molar-refractivity contribution in [1.29, 1.82) is 0 Å². The summed E-state index contributed by atoms with van der Waals surface area (Å²) in [6.45, 7) is 3.82. The zero-order valence-corrected chi connectivity index (χ0v) is 12.5. The van der Waals surface area contributed by atoms with Gasteiger partial charge in [-0.2, -0.15) is 18.1 Å². The van der Waals surface area contributed by atoms with Crippen LogP contribution < -0.4 is 5.73 Å². The molecular formula is C11H13CrINO2-. The fraction of sp³-hybridized carbons (Fsp3) is 0.273. The Labute approximate surface area is 120 Å². The number of aliphatic carboxylic acids is 1. The molecule has 0 aromatic heterocycles. The number of nitrogens with two attached hydrogens (primary N) is 1. The second-order valence-electron chi connectivity index (χ2n) is 3.69. The summed E-state index contributed by atoms with van der Waals surface area (Å²) in [4.78, 5) is 11.0. The average molecular weight is 370 g/mol. The van der Waals surface area contributed by atoms with Gasteiger partial charge in [0, 0.05) is 26.4 Å². The van der Waals surface area contributed by atoms with Crippen molar-refractivity contribution in [3.05, 3.63) is 41.5 Å². The van der Waals surface area contributed by atoms with Crippen LogP contribution in [0.1, 0.15) is 13.8 Å². The molecule has 1 atom stereocenters. The SMILES string of the molecule is C[C-]1/C=C\C(C)(I)/C=C(C(=O)O)\C(N)=C/1.[Cr]. The molecule has 0 aromatic carbocycles. The number of carboxylic acid groups (broad SMARTS) is 1. The fourth-order valence-corrected chi connectivity index (χ4v) is 1.76. The van der Waals surface area contributed by atoms with Crippen LogP contribution in [0.25, 0.3) is 0 Å². The maximum atomic E-state index is 11.0. The quantitative estimate of drug-likeness (QED) is 0.423. The van der Waals surface area contributed by atoms with Crippen LogP contribution >= 0.6 is 22.6 Å². The Morgan fingerprint density at radius 1 is 1.62 bits per heavy atom. The van der Waals surface area contributed by atoms with Gasteiger partial charge < -0.3 is 10.8 Å². The van der Waals surface area contributed by atoms with E-state index in [1.807, 2.05) is 26.0 Å². The number of rotatable bonds is 1. The summed E-state index contributed by atoms with van der Waals surface area (Å²) < 4.78 is -0.328. The second-order valence-corrected chi connectivity index (χ2v) is 6.02. The molecule has 0 aliphatic heterocycles. The van der Waals surface area contributed by atoms with Gasteiger partial charge >= 0.3 is 5.97 Å². The Bertz CT molecular complexity index is 372. The summed E-state index contributed by atoms with van der Waals surface area (Å²) in [6.07, 6.45) is 7.22. The van der Waals surface area contributed by atoms with Crippen molar-refractivity contribution in [2.24, 2.45) is 5.73 Å². The summed E-state index contributed by atoms with van der Waals surface area (Å²) in [5.41, 5.74) is 6.18. The van der Waals surface area contributed by atoms with E-state index in [0.717, 1.165) is 5.92 Å². The van der Waals surface area contributed by atoms with Gasteiger partial charge in [-0.1, -0.05) is 48.2 Å². The number of halogens is 1. The number of carbonyl (C=O) groups is 1. The van der Waals surface area contributed by atoms with E-state index in [0.29, 0.717) is 5.70 Å². The number of allylic oxidation sites excluding steroid dienone is 4. The maximum Gasteiger partial charge on any atom is 0.324 e. The first-order valence-electron chi connectivity index (χ1n) is 4.47. The zero-order valence-electron chi connectivity index (χ0n) is 9.03. The molecule has 1 unspecified atom stereocenters. The van der Waals surface area contributed by atoms with Crippen molar-refractivity contribution in [1.82, 2.24) is 0 Å². The van der Waals surface area contributed by atoms with Gasteiger partial charge in [-0.05, 0) is 0 Å². The van der Waals surface area contributed by atoms with Crippen molar-refractivity contribution in [2.45, 2.75) is 17.3 Å². The van der Waals surface area contributed by atoms with Crippen LogP contribution in [0.5, 0.6) is 0 Å². The molecule has 1 aliphatic carbocycles. The molecule has 0 spiro atoms. The van der Waals surface area contributed by atoms with Crippen LogP contribution in [0.2, 0.25) is 0 Å². The second kappa shape index (κ2) is 5.80. The topological polar surface area (TPSA) is 63.3 Å². The molecule has 16 heavy (non-hydrogen) atoms. The van der Waals surface area contributed by atoms with Crippen LogP contribution in [-0.2, 0) is 22.2 Å². The van der Waals surface area contributed by atoms with E-state index in [2.05, 4.69) is 22.6 Å². The molecule has 0 saturated carbocycles. The standard InChI is InChI=1S/C11H13INO2.Cr/c1-7-3-4-11(2,12)6-8(10(14)15)9(13)5-7;/h3-6H,13H2,1-2H3,(H,14,15);/q-1;/b4-3-,8-6+,9-5+;. The Kier molecular flexibility index (Phi) is 5.67. The number of carboxylic acids is 1. The minimum Gasteiger partial charge on any atom is -0.478 e. The molecule has 3 N–H and O–H groups in total. The third-order valence-electron chi connectivity index (χ3n) is 2.02. The third kappa shape index (κ3) is 4.24. The van der Waals surface area contributed by atoms with Gasteiger partial charge in [0.25, 0.3) is 0 Å². The van der Waals surface area contributed by atoms with Crippen molar-refractivity contribution in [3.63, 3.8) is 0 Å². The monoisotopic (exact) mass is 370 g/mol. The summed E-state index contributed by atoms with van der Waals surface area (Å²) >= 11 is 2.18. The zero-order chi connectivity index (χ0) is 11.6. The average Bonchev–Trinajstić information content (AvgIpc) is 2.09. The van der Waals surface area contributed by atoms with Crippen LogP contribution in [0.4, 0.5) is 0 Å². The van der Waals surface area contributed by atoms with Gasteiger partial charge in [-0.3, -0.25) is 0 Å². The van der Waals surface area contributed by atoms with Crippen LogP contribution in [0, 0.1) is 5.92 Å². The number of hydrogen-bond donors (Lipinski definition) is 2. The van der Waals surface area contributed by atoms with Gasteiger partial charge in [0.15, 0.2) is 0 Å². The molecular weight excluding hydrogens is 357 g/mol. The normalized spacial score (nSPS) is 33.3. The van der Waals surface area contributed by atoms with Crippen molar-refractivity contribution in [3.8, 4) is 0 Å². The Balaban J connectivity index is 0.00000225. The number of alkyl halides is 1. The largest absolute Gasteiger partial charge is 0.478 e. The van der Waals surface area contributed by atoms with Crippen molar-refractivity contribution in [2.75, 3.05) is 0 Å². The Morgan fingerprint density at radius 3 is 2.69 bits per heavy atom. The van der Waals surface area contributed by atoms with Crippen molar-refractivity contribution >= 4 is 28.6 Å². The van der Waals surface area contributed by atoms with Crippen LogP contribution in [0.3, 0.4) is 0 Å². The van der Waals surface area contributed by atoms with E-state index in [4.69, 9.17) is 10.8 Å². The predicted molar refractivity (Wildman–Crippen MR) is 68.5 cm³/mol. The first-order valence-corrected chi connectivity index (χ1v) is 5.55. The van der Waals surface area contributed by atoms with Crippen molar-refractivity contribution < 1.29 is 27.3 Å². The van der Waals surface area contributed by atoms with E-state index < -0.39 is 5.97 Å². The Morgan fingerprint density at radius 2 is 2.19 bits per heavy atom. The molecule has 0 bridgehead atoms. The molecule has 0 heterocycles. The first-order chi connectivity index (χ1) is 6.82. The summed E-state index contributed by atoms with van der Waals surface area (Å²) in [6, 6.07) is 0. The molecule has 0 saturated heterocycles. The van der Waals surface area contributed by atoms with Crippen LogP contribution in [0.15, 0.2) is 35.6 Å². The summed E-state index contributed by atoms with van der Waals surface area (Å²) in [5.74, 6) is -0.0445. The maximum absolute atomic E-state index is 11.0. The molecule has 1 aliphatic rings. The predicted octanol–water partition coefficient (Wildman–Crippen LogP) is 2.20. The van der Waals surface area contributed by atoms with Gasteiger partial charge in [0.05, 0.1) is 0 Å². The van der Waals surface area contributed by atoms with E-state index in [-0.39, 0.29) is 26.4 Å². The van der Waals surface area contributed by atoms with E-state index >= 15 is 0 Å². The fourth-order valence-electron chi connectivity index (χ4n) is 1.26. The van der Waals surface area contributed by atoms with Gasteiger partial charge in [-0.15, -0.1) is 6.08 Å². The molecule has 0 amide bonds. The van der Waals surface area contributed by atoms with E-state index in [9.17, 15) is 4.79 Å². The molecule has 1 rings (SSSR count). The Hall–Kier alpha value is -0.378.